The van der Waals surface area contributed by atoms with Gasteiger partial charge in [0.15, 0.2) is 0 Å². The predicted molar refractivity (Wildman–Crippen MR) is 41.9 cm³/mol. The molecule has 0 bridgehead atoms. The smallest absolute Gasteiger partial charge is 0.229 e. The lowest BCUT2D eigenvalue weighted by molar-refractivity contribution is -0.520. The number of alkyl halides is 1. The molecule has 0 saturated heterocycles. The van der Waals surface area contributed by atoms with Crippen LogP contribution in [0.15, 0.2) is 12.2 Å². The molecule has 0 radical (unpaired) electrons. The summed E-state index contributed by atoms with van der Waals surface area (Å²) in [6, 6.07) is -0.426. The maximum Gasteiger partial charge on any atom is 0.229 e. The molecule has 0 fully saturated rings. The first-order valence-corrected chi connectivity index (χ1v) is 4.06. The van der Waals surface area contributed by atoms with Crippen molar-refractivity contribution in [2.45, 2.75) is 23.7 Å². The molecule has 0 saturated carbocycles. The van der Waals surface area contributed by atoms with Crippen LogP contribution in [0.2, 0.25) is 0 Å². The van der Waals surface area contributed by atoms with Gasteiger partial charge in [0.1, 0.15) is 0 Å². The third-order valence-electron chi connectivity index (χ3n) is 1.59. The molecule has 0 N–H and O–H groups in total. The quantitative estimate of drug-likeness (QED) is 0.284. The van der Waals surface area contributed by atoms with Crippen molar-refractivity contribution in [2.75, 3.05) is 0 Å². The minimum Gasteiger partial charge on any atom is -0.264 e. The highest BCUT2D eigenvalue weighted by molar-refractivity contribution is 9.09. The van der Waals surface area contributed by atoms with Gasteiger partial charge in [-0.3, -0.25) is 10.1 Å². The number of hydrogen-bond donors (Lipinski definition) is 0. The summed E-state index contributed by atoms with van der Waals surface area (Å²) in [6.45, 7) is 0. The highest BCUT2D eigenvalue weighted by Crippen LogP contribution is 2.21. The molecule has 56 valence electrons. The van der Waals surface area contributed by atoms with E-state index in [9.17, 15) is 10.1 Å². The van der Waals surface area contributed by atoms with E-state index in [0.717, 1.165) is 6.42 Å². The lowest BCUT2D eigenvalue weighted by Crippen LogP contribution is -2.30. The van der Waals surface area contributed by atoms with Gasteiger partial charge in [-0.05, 0) is 6.42 Å². The molecule has 0 amide bonds. The Bertz CT molecular complexity index is 169. The number of hydrogen-bond acceptors (Lipinski definition) is 2. The number of rotatable bonds is 1. The second-order valence-corrected chi connectivity index (χ2v) is 3.49. The SMILES string of the molecule is O=[N+]([O-])C1CC=CCC1Br. The van der Waals surface area contributed by atoms with E-state index >= 15 is 0 Å². The molecular weight excluding hydrogens is 198 g/mol. The van der Waals surface area contributed by atoms with Crippen molar-refractivity contribution in [1.29, 1.82) is 0 Å². The van der Waals surface area contributed by atoms with E-state index in [1.54, 1.807) is 0 Å². The van der Waals surface area contributed by atoms with Crippen LogP contribution in [0, 0.1) is 10.1 Å². The van der Waals surface area contributed by atoms with Gasteiger partial charge >= 0.3 is 0 Å². The molecule has 0 aliphatic heterocycles. The van der Waals surface area contributed by atoms with Crippen LogP contribution in [0.4, 0.5) is 0 Å². The van der Waals surface area contributed by atoms with E-state index in [1.165, 1.54) is 0 Å². The van der Waals surface area contributed by atoms with Gasteiger partial charge in [-0.25, -0.2) is 0 Å². The summed E-state index contributed by atoms with van der Waals surface area (Å²) in [5, 5.41) is 10.3. The maximum absolute atomic E-state index is 10.3. The molecule has 10 heavy (non-hydrogen) atoms. The number of nitro groups is 1. The fraction of sp³-hybridized carbons (Fsp3) is 0.667. The van der Waals surface area contributed by atoms with Crippen LogP contribution >= 0.6 is 15.9 Å². The van der Waals surface area contributed by atoms with Crippen molar-refractivity contribution in [3.05, 3.63) is 22.3 Å². The molecule has 4 heteroatoms. The highest BCUT2D eigenvalue weighted by atomic mass is 79.9. The fourth-order valence-electron chi connectivity index (χ4n) is 0.985. The average molecular weight is 206 g/mol. The Hall–Kier alpha value is -0.380. The van der Waals surface area contributed by atoms with E-state index in [0.29, 0.717) is 6.42 Å². The topological polar surface area (TPSA) is 43.1 Å². The highest BCUT2D eigenvalue weighted by Gasteiger charge is 2.29. The Morgan fingerprint density at radius 3 is 2.50 bits per heavy atom. The molecule has 0 aromatic rings. The molecule has 2 atom stereocenters. The Kier molecular flexibility index (Phi) is 2.43. The Morgan fingerprint density at radius 1 is 1.50 bits per heavy atom. The van der Waals surface area contributed by atoms with Crippen LogP contribution in [-0.2, 0) is 0 Å². The molecule has 2 unspecified atom stereocenters. The van der Waals surface area contributed by atoms with Gasteiger partial charge in [0, 0.05) is 11.3 Å². The molecule has 0 heterocycles. The first kappa shape index (κ1) is 7.72. The van der Waals surface area contributed by atoms with Crippen LogP contribution in [0.3, 0.4) is 0 Å². The summed E-state index contributed by atoms with van der Waals surface area (Å²) in [5.74, 6) is 0. The van der Waals surface area contributed by atoms with Gasteiger partial charge in [-0.2, -0.15) is 0 Å². The number of halogens is 1. The molecular formula is C6H8BrNO2. The zero-order chi connectivity index (χ0) is 7.56. The first-order chi connectivity index (χ1) is 4.72. The largest absolute Gasteiger partial charge is 0.264 e. The fourth-order valence-corrected chi connectivity index (χ4v) is 1.61. The second-order valence-electron chi connectivity index (χ2n) is 2.31. The van der Waals surface area contributed by atoms with Gasteiger partial charge in [0.2, 0.25) is 6.04 Å². The van der Waals surface area contributed by atoms with Gasteiger partial charge in [-0.1, -0.05) is 28.1 Å². The lowest BCUT2D eigenvalue weighted by atomic mass is 10.0. The number of allylic oxidation sites excluding steroid dienone is 1. The van der Waals surface area contributed by atoms with Crippen molar-refractivity contribution in [3.63, 3.8) is 0 Å². The molecule has 0 aromatic heterocycles. The standard InChI is InChI=1S/C6H8BrNO2/c7-5-3-1-2-4-6(5)8(9)10/h1-2,5-6H,3-4H2. The Morgan fingerprint density at radius 2 is 2.10 bits per heavy atom. The predicted octanol–water partition coefficient (Wildman–Crippen LogP) is 1.75. The Balaban J connectivity index is 2.59. The van der Waals surface area contributed by atoms with Crippen molar-refractivity contribution in [2.24, 2.45) is 0 Å². The Labute approximate surface area is 67.4 Å². The lowest BCUT2D eigenvalue weighted by Gasteiger charge is -2.15. The normalized spacial score (nSPS) is 32.1. The van der Waals surface area contributed by atoms with Crippen LogP contribution < -0.4 is 0 Å². The minimum atomic E-state index is -0.426. The average Bonchev–Trinajstić information content (AvgIpc) is 1.88. The molecule has 0 spiro atoms. The minimum absolute atomic E-state index is 0.0208. The summed E-state index contributed by atoms with van der Waals surface area (Å²) in [5.41, 5.74) is 0. The molecule has 3 nitrogen and oxygen atoms in total. The van der Waals surface area contributed by atoms with Crippen LogP contribution in [0.25, 0.3) is 0 Å². The number of nitrogens with zero attached hydrogens (tertiary/aromatic N) is 1. The van der Waals surface area contributed by atoms with E-state index < -0.39 is 6.04 Å². The van der Waals surface area contributed by atoms with Crippen molar-refractivity contribution < 1.29 is 4.92 Å². The summed E-state index contributed by atoms with van der Waals surface area (Å²) >= 11 is 3.26. The maximum atomic E-state index is 10.3. The van der Waals surface area contributed by atoms with E-state index in [4.69, 9.17) is 0 Å². The monoisotopic (exact) mass is 205 g/mol. The summed E-state index contributed by atoms with van der Waals surface area (Å²) in [7, 11) is 0. The zero-order valence-corrected chi connectivity index (χ0v) is 6.95. The molecule has 1 aliphatic carbocycles. The van der Waals surface area contributed by atoms with Gasteiger partial charge in [0.25, 0.3) is 0 Å². The van der Waals surface area contributed by atoms with E-state index in [-0.39, 0.29) is 9.75 Å². The zero-order valence-electron chi connectivity index (χ0n) is 5.37. The third-order valence-corrected chi connectivity index (χ3v) is 2.58. The molecule has 1 rings (SSSR count). The van der Waals surface area contributed by atoms with Crippen molar-refractivity contribution in [1.82, 2.24) is 0 Å². The van der Waals surface area contributed by atoms with Crippen molar-refractivity contribution >= 4 is 15.9 Å². The van der Waals surface area contributed by atoms with Gasteiger partial charge < -0.3 is 0 Å². The summed E-state index contributed by atoms with van der Waals surface area (Å²) < 4.78 is 0. The van der Waals surface area contributed by atoms with Crippen LogP contribution in [-0.4, -0.2) is 15.8 Å². The first-order valence-electron chi connectivity index (χ1n) is 3.14. The summed E-state index contributed by atoms with van der Waals surface area (Å²) in [6.07, 6.45) is 5.17. The van der Waals surface area contributed by atoms with Crippen molar-refractivity contribution in [3.8, 4) is 0 Å². The molecule has 0 aromatic carbocycles. The van der Waals surface area contributed by atoms with Crippen LogP contribution in [0.5, 0.6) is 0 Å². The third kappa shape index (κ3) is 1.56. The van der Waals surface area contributed by atoms with E-state index in [1.807, 2.05) is 12.2 Å². The molecule has 1 aliphatic rings. The second kappa shape index (κ2) is 3.14. The van der Waals surface area contributed by atoms with Gasteiger partial charge in [0.05, 0.1) is 4.83 Å². The van der Waals surface area contributed by atoms with E-state index in [2.05, 4.69) is 15.9 Å². The van der Waals surface area contributed by atoms with Gasteiger partial charge in [-0.15, -0.1) is 0 Å². The van der Waals surface area contributed by atoms with Crippen LogP contribution in [0.1, 0.15) is 12.8 Å². The summed E-state index contributed by atoms with van der Waals surface area (Å²) in [4.78, 5) is 10.1.